The maximum atomic E-state index is 9.23. The van der Waals surface area contributed by atoms with E-state index in [1.165, 1.54) is 19.4 Å². The molecule has 4 heteroatoms. The van der Waals surface area contributed by atoms with Crippen LogP contribution in [-0.2, 0) is 0 Å². The molecule has 0 amide bonds. The number of likely N-dealkylation sites (tertiary alicyclic amines) is 1. The van der Waals surface area contributed by atoms with E-state index in [1.807, 2.05) is 18.2 Å². The zero-order chi connectivity index (χ0) is 14.5. The first kappa shape index (κ1) is 15.3. The molecule has 1 N–H and O–H groups in total. The molecule has 1 aliphatic heterocycles. The standard InChI is InChI=1S/C16H22BrN3/c1-3-20-8-4-5-13(11-20)12(2)19-16-7-6-15(17)9-14(16)10-18/h6-7,9,12-13,19H,3-5,8,11H2,1-2H3. The monoisotopic (exact) mass is 335 g/mol. The Hall–Kier alpha value is -1.05. The highest BCUT2D eigenvalue weighted by atomic mass is 79.9. The van der Waals surface area contributed by atoms with Gasteiger partial charge in [-0.3, -0.25) is 0 Å². The summed E-state index contributed by atoms with van der Waals surface area (Å²) in [7, 11) is 0. The van der Waals surface area contributed by atoms with Gasteiger partial charge in [-0.05, 0) is 57.0 Å². The van der Waals surface area contributed by atoms with Crippen LogP contribution in [0.1, 0.15) is 32.3 Å². The Morgan fingerprint density at radius 1 is 1.55 bits per heavy atom. The lowest BCUT2D eigenvalue weighted by atomic mass is 9.91. The van der Waals surface area contributed by atoms with Crippen molar-refractivity contribution in [3.05, 3.63) is 28.2 Å². The molecule has 0 saturated carbocycles. The molecule has 1 fully saturated rings. The van der Waals surface area contributed by atoms with Crippen molar-refractivity contribution in [1.29, 1.82) is 5.26 Å². The Morgan fingerprint density at radius 3 is 3.05 bits per heavy atom. The van der Waals surface area contributed by atoms with Crippen molar-refractivity contribution in [3.8, 4) is 6.07 Å². The highest BCUT2D eigenvalue weighted by Crippen LogP contribution is 2.25. The molecule has 1 aromatic rings. The predicted molar refractivity (Wildman–Crippen MR) is 86.8 cm³/mol. The number of nitrogens with zero attached hydrogens (tertiary/aromatic N) is 2. The maximum Gasteiger partial charge on any atom is 0.101 e. The average molecular weight is 336 g/mol. The molecule has 0 radical (unpaired) electrons. The third-order valence-electron chi connectivity index (χ3n) is 4.18. The van der Waals surface area contributed by atoms with E-state index in [-0.39, 0.29) is 0 Å². The second-order valence-electron chi connectivity index (χ2n) is 5.53. The number of anilines is 1. The van der Waals surface area contributed by atoms with E-state index in [1.54, 1.807) is 0 Å². The number of hydrogen-bond donors (Lipinski definition) is 1. The maximum absolute atomic E-state index is 9.23. The topological polar surface area (TPSA) is 39.1 Å². The molecule has 2 unspecified atom stereocenters. The van der Waals surface area contributed by atoms with Crippen LogP contribution >= 0.6 is 15.9 Å². The van der Waals surface area contributed by atoms with Crippen LogP contribution in [0.25, 0.3) is 0 Å². The fourth-order valence-electron chi connectivity index (χ4n) is 2.88. The van der Waals surface area contributed by atoms with Crippen LogP contribution in [-0.4, -0.2) is 30.6 Å². The second kappa shape index (κ2) is 7.10. The Labute approximate surface area is 130 Å². The zero-order valence-corrected chi connectivity index (χ0v) is 13.8. The third-order valence-corrected chi connectivity index (χ3v) is 4.67. The van der Waals surface area contributed by atoms with Crippen molar-refractivity contribution in [1.82, 2.24) is 4.90 Å². The summed E-state index contributed by atoms with van der Waals surface area (Å²) in [6, 6.07) is 8.48. The molecule has 0 aromatic heterocycles. The molecule has 1 aromatic carbocycles. The number of rotatable bonds is 4. The van der Waals surface area contributed by atoms with Gasteiger partial charge >= 0.3 is 0 Å². The van der Waals surface area contributed by atoms with Crippen molar-refractivity contribution in [2.45, 2.75) is 32.7 Å². The van der Waals surface area contributed by atoms with E-state index in [4.69, 9.17) is 0 Å². The van der Waals surface area contributed by atoms with Gasteiger partial charge < -0.3 is 10.2 Å². The Kier molecular flexibility index (Phi) is 5.45. The number of benzene rings is 1. The van der Waals surface area contributed by atoms with E-state index in [9.17, 15) is 5.26 Å². The molecule has 1 heterocycles. The van der Waals surface area contributed by atoms with Crippen LogP contribution < -0.4 is 5.32 Å². The van der Waals surface area contributed by atoms with Gasteiger partial charge in [0.2, 0.25) is 0 Å². The molecule has 3 nitrogen and oxygen atoms in total. The van der Waals surface area contributed by atoms with Crippen LogP contribution in [0.2, 0.25) is 0 Å². The van der Waals surface area contributed by atoms with Gasteiger partial charge in [-0.25, -0.2) is 0 Å². The van der Waals surface area contributed by atoms with E-state index < -0.39 is 0 Å². The first-order valence-corrected chi connectivity index (χ1v) is 8.12. The van der Waals surface area contributed by atoms with E-state index >= 15 is 0 Å². The number of hydrogen-bond acceptors (Lipinski definition) is 3. The summed E-state index contributed by atoms with van der Waals surface area (Å²) in [5, 5.41) is 12.8. The summed E-state index contributed by atoms with van der Waals surface area (Å²) in [6.45, 7) is 7.96. The van der Waals surface area contributed by atoms with Crippen molar-refractivity contribution >= 4 is 21.6 Å². The van der Waals surface area contributed by atoms with Crippen LogP contribution in [0, 0.1) is 17.2 Å². The van der Waals surface area contributed by atoms with Crippen molar-refractivity contribution in [3.63, 3.8) is 0 Å². The summed E-state index contributed by atoms with van der Waals surface area (Å²) in [5.74, 6) is 0.652. The molecule has 1 aliphatic rings. The first-order valence-electron chi connectivity index (χ1n) is 7.32. The Morgan fingerprint density at radius 2 is 2.35 bits per heavy atom. The fraction of sp³-hybridized carbons (Fsp3) is 0.562. The van der Waals surface area contributed by atoms with Crippen LogP contribution in [0.15, 0.2) is 22.7 Å². The zero-order valence-electron chi connectivity index (χ0n) is 12.2. The van der Waals surface area contributed by atoms with E-state index in [2.05, 4.69) is 46.1 Å². The molecule has 20 heavy (non-hydrogen) atoms. The molecular weight excluding hydrogens is 314 g/mol. The van der Waals surface area contributed by atoms with Crippen LogP contribution in [0.5, 0.6) is 0 Å². The van der Waals surface area contributed by atoms with Gasteiger partial charge in [-0.2, -0.15) is 5.26 Å². The van der Waals surface area contributed by atoms with Crippen molar-refractivity contribution in [2.75, 3.05) is 25.0 Å². The molecule has 108 valence electrons. The van der Waals surface area contributed by atoms with Gasteiger partial charge in [0, 0.05) is 17.1 Å². The summed E-state index contributed by atoms with van der Waals surface area (Å²) in [4.78, 5) is 2.51. The molecule has 0 spiro atoms. The lowest BCUT2D eigenvalue weighted by molar-refractivity contribution is 0.172. The molecule has 2 atom stereocenters. The SMILES string of the molecule is CCN1CCCC(C(C)Nc2ccc(Br)cc2C#N)C1. The quantitative estimate of drug-likeness (QED) is 0.908. The fourth-order valence-corrected chi connectivity index (χ4v) is 3.25. The van der Waals surface area contributed by atoms with Gasteiger partial charge in [0.25, 0.3) is 0 Å². The van der Waals surface area contributed by atoms with Crippen LogP contribution in [0.4, 0.5) is 5.69 Å². The van der Waals surface area contributed by atoms with Gasteiger partial charge in [-0.15, -0.1) is 0 Å². The van der Waals surface area contributed by atoms with Crippen molar-refractivity contribution < 1.29 is 0 Å². The highest BCUT2D eigenvalue weighted by molar-refractivity contribution is 9.10. The molecule has 0 bridgehead atoms. The Balaban J connectivity index is 2.04. The first-order chi connectivity index (χ1) is 9.63. The summed E-state index contributed by atoms with van der Waals surface area (Å²) < 4.78 is 0.946. The minimum atomic E-state index is 0.387. The number of nitriles is 1. The van der Waals surface area contributed by atoms with Gasteiger partial charge in [0.1, 0.15) is 6.07 Å². The van der Waals surface area contributed by atoms with Crippen LogP contribution in [0.3, 0.4) is 0 Å². The summed E-state index contributed by atoms with van der Waals surface area (Å²) >= 11 is 3.41. The van der Waals surface area contributed by atoms with Gasteiger partial charge in [0.15, 0.2) is 0 Å². The van der Waals surface area contributed by atoms with E-state index in [0.29, 0.717) is 17.5 Å². The average Bonchev–Trinajstić information content (AvgIpc) is 2.49. The number of nitrogens with one attached hydrogen (secondary N) is 1. The largest absolute Gasteiger partial charge is 0.381 e. The Bertz CT molecular complexity index is 495. The second-order valence-corrected chi connectivity index (χ2v) is 6.45. The molecule has 1 saturated heterocycles. The number of piperidine rings is 1. The summed E-state index contributed by atoms with van der Waals surface area (Å²) in [5.41, 5.74) is 1.64. The van der Waals surface area contributed by atoms with Gasteiger partial charge in [-0.1, -0.05) is 22.9 Å². The van der Waals surface area contributed by atoms with E-state index in [0.717, 1.165) is 23.2 Å². The minimum Gasteiger partial charge on any atom is -0.381 e. The number of halogens is 1. The predicted octanol–water partition coefficient (Wildman–Crippen LogP) is 3.85. The lowest BCUT2D eigenvalue weighted by Crippen LogP contribution is -2.41. The third kappa shape index (κ3) is 3.74. The molecular formula is C16H22BrN3. The smallest absolute Gasteiger partial charge is 0.101 e. The summed E-state index contributed by atoms with van der Waals surface area (Å²) in [6.07, 6.45) is 2.54. The lowest BCUT2D eigenvalue weighted by Gasteiger charge is -2.35. The highest BCUT2D eigenvalue weighted by Gasteiger charge is 2.24. The molecule has 2 rings (SSSR count). The minimum absolute atomic E-state index is 0.387. The molecule has 0 aliphatic carbocycles. The van der Waals surface area contributed by atoms with Gasteiger partial charge in [0.05, 0.1) is 11.3 Å². The van der Waals surface area contributed by atoms with Crippen molar-refractivity contribution in [2.24, 2.45) is 5.92 Å². The normalized spacial score (nSPS) is 21.2.